The summed E-state index contributed by atoms with van der Waals surface area (Å²) < 4.78 is 1.90. The lowest BCUT2D eigenvalue weighted by molar-refractivity contribution is 0.0997. The number of hydrogen-bond donors (Lipinski definition) is 1. The largest absolute Gasteiger partial charge is 0.329 e. The molecule has 0 spiro atoms. The maximum atomic E-state index is 6.04. The summed E-state index contributed by atoms with van der Waals surface area (Å²) in [6.45, 7) is 11.8. The molecule has 2 N–H and O–H groups in total. The zero-order chi connectivity index (χ0) is 14.8. The standard InChI is InChI=1S/C15H30N4/c1-8-13-12(10-18(6)17-13)14(9-16)19(7)11(2)15(3,4)5/h10-11,14H,8-9,16H2,1-7H3. The van der Waals surface area contributed by atoms with E-state index in [9.17, 15) is 0 Å². The number of nitrogens with zero attached hydrogens (tertiary/aromatic N) is 3. The normalized spacial score (nSPS) is 15.8. The molecule has 0 radical (unpaired) electrons. The van der Waals surface area contributed by atoms with Crippen molar-refractivity contribution < 1.29 is 0 Å². The summed E-state index contributed by atoms with van der Waals surface area (Å²) >= 11 is 0. The molecule has 1 heterocycles. The summed E-state index contributed by atoms with van der Waals surface area (Å²) in [6.07, 6.45) is 3.06. The van der Waals surface area contributed by atoms with Crippen LogP contribution in [0.25, 0.3) is 0 Å². The van der Waals surface area contributed by atoms with E-state index in [1.807, 2.05) is 11.7 Å². The molecule has 0 aliphatic rings. The van der Waals surface area contributed by atoms with Gasteiger partial charge in [0.15, 0.2) is 0 Å². The zero-order valence-electron chi connectivity index (χ0n) is 13.6. The Hall–Kier alpha value is -0.870. The monoisotopic (exact) mass is 266 g/mol. The van der Waals surface area contributed by atoms with E-state index in [-0.39, 0.29) is 11.5 Å². The molecule has 0 saturated heterocycles. The van der Waals surface area contributed by atoms with Gasteiger partial charge < -0.3 is 5.73 Å². The summed E-state index contributed by atoms with van der Waals surface area (Å²) in [4.78, 5) is 2.39. The smallest absolute Gasteiger partial charge is 0.0670 e. The Morgan fingerprint density at radius 3 is 2.42 bits per heavy atom. The summed E-state index contributed by atoms with van der Waals surface area (Å²) in [6, 6.07) is 0.684. The predicted octanol–water partition coefficient (Wildman–Crippen LogP) is 2.35. The van der Waals surface area contributed by atoms with E-state index in [2.05, 4.69) is 57.9 Å². The van der Waals surface area contributed by atoms with Crippen LogP contribution in [0.1, 0.15) is 51.9 Å². The minimum absolute atomic E-state index is 0.233. The fraction of sp³-hybridized carbons (Fsp3) is 0.800. The second-order valence-electron chi connectivity index (χ2n) is 6.52. The molecule has 19 heavy (non-hydrogen) atoms. The van der Waals surface area contributed by atoms with Crippen molar-refractivity contribution in [2.75, 3.05) is 13.6 Å². The van der Waals surface area contributed by atoms with Gasteiger partial charge in [-0.2, -0.15) is 5.10 Å². The Bertz CT molecular complexity index is 403. The van der Waals surface area contributed by atoms with E-state index in [1.165, 1.54) is 5.56 Å². The lowest BCUT2D eigenvalue weighted by atomic mass is 9.86. The van der Waals surface area contributed by atoms with Crippen molar-refractivity contribution in [3.05, 3.63) is 17.5 Å². The molecule has 0 aliphatic carbocycles. The van der Waals surface area contributed by atoms with Gasteiger partial charge in [-0.05, 0) is 25.8 Å². The first-order chi connectivity index (χ1) is 8.72. The van der Waals surface area contributed by atoms with Gasteiger partial charge in [-0.15, -0.1) is 0 Å². The molecule has 4 heteroatoms. The van der Waals surface area contributed by atoms with Gasteiger partial charge in [0, 0.05) is 31.4 Å². The molecular formula is C15H30N4. The number of hydrogen-bond acceptors (Lipinski definition) is 3. The Balaban J connectivity index is 3.06. The van der Waals surface area contributed by atoms with Gasteiger partial charge in [0.05, 0.1) is 11.7 Å². The molecule has 1 aromatic heterocycles. The van der Waals surface area contributed by atoms with Gasteiger partial charge in [-0.1, -0.05) is 27.7 Å². The van der Waals surface area contributed by atoms with Crippen LogP contribution < -0.4 is 5.73 Å². The molecular weight excluding hydrogens is 236 g/mol. The third-order valence-corrected chi connectivity index (χ3v) is 4.21. The summed E-state index contributed by atoms with van der Waals surface area (Å²) in [5.74, 6) is 0. The lowest BCUT2D eigenvalue weighted by Crippen LogP contribution is -2.43. The van der Waals surface area contributed by atoms with Crippen LogP contribution in [0.3, 0.4) is 0 Å². The topological polar surface area (TPSA) is 47.1 Å². The Labute approximate surface area is 118 Å². The molecule has 0 aliphatic heterocycles. The second kappa shape index (κ2) is 6.06. The van der Waals surface area contributed by atoms with Crippen molar-refractivity contribution in [2.45, 2.75) is 53.1 Å². The molecule has 0 saturated carbocycles. The third kappa shape index (κ3) is 3.57. The Morgan fingerprint density at radius 2 is 2.00 bits per heavy atom. The van der Waals surface area contributed by atoms with Gasteiger partial charge in [-0.3, -0.25) is 9.58 Å². The van der Waals surface area contributed by atoms with Gasteiger partial charge in [0.2, 0.25) is 0 Å². The van der Waals surface area contributed by atoms with Crippen molar-refractivity contribution in [1.29, 1.82) is 0 Å². The third-order valence-electron chi connectivity index (χ3n) is 4.21. The van der Waals surface area contributed by atoms with Crippen LogP contribution in [-0.2, 0) is 13.5 Å². The summed E-state index contributed by atoms with van der Waals surface area (Å²) in [7, 11) is 4.14. The molecule has 2 unspecified atom stereocenters. The van der Waals surface area contributed by atoms with Crippen LogP contribution in [0.5, 0.6) is 0 Å². The van der Waals surface area contributed by atoms with E-state index in [0.717, 1.165) is 12.1 Å². The van der Waals surface area contributed by atoms with Crippen LogP contribution in [0.15, 0.2) is 6.20 Å². The maximum Gasteiger partial charge on any atom is 0.0670 e. The average Bonchev–Trinajstić information content (AvgIpc) is 2.69. The highest BCUT2D eigenvalue weighted by Crippen LogP contribution is 2.30. The van der Waals surface area contributed by atoms with Crippen molar-refractivity contribution in [3.8, 4) is 0 Å². The maximum absolute atomic E-state index is 6.04. The molecule has 0 fully saturated rings. The van der Waals surface area contributed by atoms with Gasteiger partial charge in [0.25, 0.3) is 0 Å². The summed E-state index contributed by atoms with van der Waals surface area (Å²) in [5, 5.41) is 4.54. The number of rotatable bonds is 5. The van der Waals surface area contributed by atoms with E-state index in [0.29, 0.717) is 12.6 Å². The minimum atomic E-state index is 0.233. The van der Waals surface area contributed by atoms with E-state index in [1.54, 1.807) is 0 Å². The second-order valence-corrected chi connectivity index (χ2v) is 6.52. The highest BCUT2D eigenvalue weighted by atomic mass is 15.3. The van der Waals surface area contributed by atoms with Crippen molar-refractivity contribution in [2.24, 2.45) is 18.2 Å². The van der Waals surface area contributed by atoms with E-state index < -0.39 is 0 Å². The molecule has 0 bridgehead atoms. The van der Waals surface area contributed by atoms with Crippen LogP contribution in [-0.4, -0.2) is 34.3 Å². The fourth-order valence-electron chi connectivity index (χ4n) is 2.50. The highest BCUT2D eigenvalue weighted by molar-refractivity contribution is 5.22. The van der Waals surface area contributed by atoms with E-state index >= 15 is 0 Å². The average molecular weight is 266 g/mol. The fourth-order valence-corrected chi connectivity index (χ4v) is 2.50. The number of aromatic nitrogens is 2. The lowest BCUT2D eigenvalue weighted by Gasteiger charge is -2.40. The first-order valence-electron chi connectivity index (χ1n) is 7.16. The van der Waals surface area contributed by atoms with Crippen LogP contribution in [0.2, 0.25) is 0 Å². The minimum Gasteiger partial charge on any atom is -0.329 e. The number of nitrogens with two attached hydrogens (primary N) is 1. The quantitative estimate of drug-likeness (QED) is 0.890. The molecule has 0 aromatic carbocycles. The van der Waals surface area contributed by atoms with Crippen LogP contribution in [0.4, 0.5) is 0 Å². The highest BCUT2D eigenvalue weighted by Gasteiger charge is 2.30. The number of aryl methyl sites for hydroxylation is 2. The summed E-state index contributed by atoms with van der Waals surface area (Å²) in [5.41, 5.74) is 8.70. The van der Waals surface area contributed by atoms with Crippen molar-refractivity contribution in [1.82, 2.24) is 14.7 Å². The van der Waals surface area contributed by atoms with Gasteiger partial charge in [-0.25, -0.2) is 0 Å². The molecule has 1 rings (SSSR count). The SMILES string of the molecule is CCc1nn(C)cc1C(CN)N(C)C(C)C(C)(C)C. The van der Waals surface area contributed by atoms with Crippen LogP contribution >= 0.6 is 0 Å². The van der Waals surface area contributed by atoms with Crippen LogP contribution in [0, 0.1) is 5.41 Å². The van der Waals surface area contributed by atoms with Gasteiger partial charge in [0.1, 0.15) is 0 Å². The predicted molar refractivity (Wildman–Crippen MR) is 81.1 cm³/mol. The Kier molecular flexibility index (Phi) is 5.16. The molecule has 4 nitrogen and oxygen atoms in total. The zero-order valence-corrected chi connectivity index (χ0v) is 13.6. The molecule has 2 atom stereocenters. The van der Waals surface area contributed by atoms with Gasteiger partial charge >= 0.3 is 0 Å². The molecule has 110 valence electrons. The first-order valence-corrected chi connectivity index (χ1v) is 7.16. The van der Waals surface area contributed by atoms with Crippen molar-refractivity contribution >= 4 is 0 Å². The number of likely N-dealkylation sites (N-methyl/N-ethyl adjacent to an activating group) is 1. The Morgan fingerprint density at radius 1 is 1.42 bits per heavy atom. The van der Waals surface area contributed by atoms with Crippen molar-refractivity contribution in [3.63, 3.8) is 0 Å². The molecule has 1 aromatic rings. The van der Waals surface area contributed by atoms with E-state index in [4.69, 9.17) is 5.73 Å². The molecule has 0 amide bonds. The first kappa shape index (κ1) is 16.2.